The zero-order valence-corrected chi connectivity index (χ0v) is 15.3. The molecule has 0 atom stereocenters. The minimum atomic E-state index is -1.60. The number of aryl methyl sites for hydroxylation is 1. The van der Waals surface area contributed by atoms with Crippen LogP contribution in [0.2, 0.25) is 39.3 Å². The van der Waals surface area contributed by atoms with E-state index in [-0.39, 0.29) is 0 Å². The molecular formula is C12H24N2OSSi2. The van der Waals surface area contributed by atoms with Crippen LogP contribution in [-0.4, -0.2) is 25.5 Å². The van der Waals surface area contributed by atoms with Gasteiger partial charge in [-0.3, -0.25) is 0 Å². The lowest BCUT2D eigenvalue weighted by Gasteiger charge is -2.20. The van der Waals surface area contributed by atoms with Gasteiger partial charge in [0.1, 0.15) is 7.22 Å². The average Bonchev–Trinajstić information content (AvgIpc) is 2.11. The Morgan fingerprint density at radius 3 is 2.17 bits per heavy atom. The molecule has 18 heavy (non-hydrogen) atoms. The van der Waals surface area contributed by atoms with Crippen molar-refractivity contribution in [2.24, 2.45) is 0 Å². The van der Waals surface area contributed by atoms with E-state index in [4.69, 9.17) is 4.43 Å². The maximum Gasteiger partial charge on any atom is 0.244 e. The largest absolute Gasteiger partial charge is 0.531 e. The van der Waals surface area contributed by atoms with Crippen molar-refractivity contribution in [1.29, 1.82) is 0 Å². The molecule has 0 N–H and O–H groups in total. The van der Waals surface area contributed by atoms with Crippen molar-refractivity contribution >= 4 is 26.8 Å². The van der Waals surface area contributed by atoms with Gasteiger partial charge < -0.3 is 4.43 Å². The molecule has 0 aromatic carbocycles. The Balaban J connectivity index is 3.02. The molecule has 0 saturated heterocycles. The summed E-state index contributed by atoms with van der Waals surface area (Å²) in [5.41, 5.74) is 1.07. The zero-order valence-electron chi connectivity index (χ0n) is 12.5. The number of hydrogen-bond donors (Lipinski definition) is 0. The van der Waals surface area contributed by atoms with Crippen LogP contribution >= 0.6 is 11.2 Å². The first-order valence-electron chi connectivity index (χ1n) is 6.35. The second-order valence-electron chi connectivity index (χ2n) is 6.26. The third-order valence-corrected chi connectivity index (χ3v) is 6.09. The Hall–Kier alpha value is -0.336. The normalized spacial score (nSPS) is 12.6. The van der Waals surface area contributed by atoms with Crippen LogP contribution in [-0.2, 0) is 6.42 Å². The Morgan fingerprint density at radius 2 is 1.72 bits per heavy atom. The van der Waals surface area contributed by atoms with Crippen LogP contribution in [0.3, 0.4) is 0 Å². The Bertz CT molecular complexity index is 379. The van der Waals surface area contributed by atoms with Crippen LogP contribution in [0.15, 0.2) is 11.2 Å². The summed E-state index contributed by atoms with van der Waals surface area (Å²) in [5, 5.41) is 0.877. The molecule has 0 fully saturated rings. The second-order valence-corrected chi connectivity index (χ2v) is 19.8. The van der Waals surface area contributed by atoms with Crippen LogP contribution < -0.4 is 4.43 Å². The number of rotatable bonds is 5. The first-order valence-corrected chi connectivity index (χ1v) is 14.8. The van der Waals surface area contributed by atoms with Crippen molar-refractivity contribution in [2.75, 3.05) is 0 Å². The molecule has 102 valence electrons. The fraction of sp³-hybridized carbons (Fsp3) is 0.667. The van der Waals surface area contributed by atoms with Crippen molar-refractivity contribution in [3.63, 3.8) is 0 Å². The monoisotopic (exact) mass is 300 g/mol. The summed E-state index contributed by atoms with van der Waals surface area (Å²) < 4.78 is 5.99. The van der Waals surface area contributed by atoms with Gasteiger partial charge in [-0.2, -0.15) is 4.98 Å². The van der Waals surface area contributed by atoms with Gasteiger partial charge in [0, 0.05) is 11.8 Å². The Labute approximate surface area is 117 Å². The minimum absolute atomic E-state index is 0.752. The molecule has 3 nitrogen and oxygen atoms in total. The topological polar surface area (TPSA) is 35.0 Å². The van der Waals surface area contributed by atoms with E-state index in [1.165, 1.54) is 0 Å². The van der Waals surface area contributed by atoms with Crippen LogP contribution in [0.1, 0.15) is 12.6 Å². The van der Waals surface area contributed by atoms with Crippen molar-refractivity contribution in [3.05, 3.63) is 11.8 Å². The van der Waals surface area contributed by atoms with Gasteiger partial charge in [0.05, 0.1) is 0 Å². The van der Waals surface area contributed by atoms with E-state index in [9.17, 15) is 0 Å². The van der Waals surface area contributed by atoms with Crippen LogP contribution in [0.25, 0.3) is 0 Å². The summed E-state index contributed by atoms with van der Waals surface area (Å²) in [4.78, 5) is 9.14. The van der Waals surface area contributed by atoms with Gasteiger partial charge in [0.25, 0.3) is 0 Å². The maximum absolute atomic E-state index is 5.99. The van der Waals surface area contributed by atoms with Gasteiger partial charge in [0.2, 0.25) is 14.2 Å². The minimum Gasteiger partial charge on any atom is -0.531 e. The molecule has 0 unspecified atom stereocenters. The lowest BCUT2D eigenvalue weighted by molar-refractivity contribution is 0.521. The van der Waals surface area contributed by atoms with Crippen molar-refractivity contribution in [1.82, 2.24) is 9.97 Å². The quantitative estimate of drug-likeness (QED) is 0.603. The summed E-state index contributed by atoms with van der Waals surface area (Å²) in [6.45, 7) is 15.5. The molecule has 1 aromatic heterocycles. The van der Waals surface area contributed by atoms with Crippen LogP contribution in [0, 0.1) is 0 Å². The Morgan fingerprint density at radius 1 is 1.11 bits per heavy atom. The molecule has 1 aromatic rings. The fourth-order valence-corrected chi connectivity index (χ4v) is 4.81. The van der Waals surface area contributed by atoms with E-state index < -0.39 is 15.5 Å². The average molecular weight is 301 g/mol. The molecule has 1 rings (SSSR count). The van der Waals surface area contributed by atoms with E-state index in [1.54, 1.807) is 0 Å². The maximum atomic E-state index is 5.99. The summed E-state index contributed by atoms with van der Waals surface area (Å²) in [7, 11) is -2.87. The van der Waals surface area contributed by atoms with Gasteiger partial charge in [0.15, 0.2) is 5.16 Å². The number of aromatic nitrogens is 2. The molecule has 0 spiro atoms. The standard InChI is InChI=1S/C12H24N2OSSi2/c1-8-10-9-11(15-17(2,3)4)14-12(13-10)16-18(5,6)7/h9H,8H2,1-7H3. The highest BCUT2D eigenvalue weighted by Crippen LogP contribution is 2.28. The van der Waals surface area contributed by atoms with E-state index in [2.05, 4.69) is 56.2 Å². The molecule has 0 saturated carbocycles. The highest BCUT2D eigenvalue weighted by Gasteiger charge is 2.21. The molecule has 0 aliphatic carbocycles. The highest BCUT2D eigenvalue weighted by atomic mass is 32.4. The van der Waals surface area contributed by atoms with Crippen LogP contribution in [0.5, 0.6) is 5.88 Å². The SMILES string of the molecule is CCc1cc(O[Si](C)(C)C)nc(S[Si](C)(C)C)n1. The van der Waals surface area contributed by atoms with Crippen molar-refractivity contribution < 1.29 is 4.43 Å². The molecule has 6 heteroatoms. The molecular weight excluding hydrogens is 276 g/mol. The molecule has 1 heterocycles. The van der Waals surface area contributed by atoms with E-state index >= 15 is 0 Å². The first kappa shape index (κ1) is 15.7. The molecule has 0 aliphatic rings. The van der Waals surface area contributed by atoms with Gasteiger partial charge in [-0.15, -0.1) is 11.2 Å². The second kappa shape index (κ2) is 5.75. The predicted molar refractivity (Wildman–Crippen MR) is 84.6 cm³/mol. The van der Waals surface area contributed by atoms with Crippen molar-refractivity contribution in [2.45, 2.75) is 57.8 Å². The number of hydrogen-bond acceptors (Lipinski definition) is 4. The lowest BCUT2D eigenvalue weighted by Crippen LogP contribution is -2.30. The smallest absolute Gasteiger partial charge is 0.244 e. The third-order valence-electron chi connectivity index (χ3n) is 1.91. The van der Waals surface area contributed by atoms with Gasteiger partial charge >= 0.3 is 0 Å². The van der Waals surface area contributed by atoms with Crippen molar-refractivity contribution in [3.8, 4) is 5.88 Å². The summed E-state index contributed by atoms with van der Waals surface area (Å²) >= 11 is 1.82. The lowest BCUT2D eigenvalue weighted by atomic mass is 10.3. The molecule has 0 radical (unpaired) electrons. The third kappa shape index (κ3) is 6.01. The fourth-order valence-electron chi connectivity index (χ4n) is 1.32. The highest BCUT2D eigenvalue weighted by molar-refractivity contribution is 8.28. The van der Waals surface area contributed by atoms with Gasteiger partial charge in [-0.25, -0.2) is 4.98 Å². The number of nitrogens with zero attached hydrogens (tertiary/aromatic N) is 2. The molecule has 0 amide bonds. The van der Waals surface area contributed by atoms with Crippen LogP contribution in [0.4, 0.5) is 0 Å². The summed E-state index contributed by atoms with van der Waals surface area (Å²) in [6.07, 6.45) is 0.920. The summed E-state index contributed by atoms with van der Waals surface area (Å²) in [5.74, 6) is 0.752. The molecule has 0 bridgehead atoms. The molecule has 0 aliphatic heterocycles. The summed E-state index contributed by atoms with van der Waals surface area (Å²) in [6, 6.07) is 1.98. The first-order chi connectivity index (χ1) is 8.09. The van der Waals surface area contributed by atoms with E-state index in [0.29, 0.717) is 0 Å². The predicted octanol–water partition coefficient (Wildman–Crippen LogP) is 4.18. The van der Waals surface area contributed by atoms with Gasteiger partial charge in [-0.1, -0.05) is 26.6 Å². The van der Waals surface area contributed by atoms with E-state index in [1.807, 2.05) is 17.3 Å². The zero-order chi connectivity index (χ0) is 14.0. The Kier molecular flexibility index (Phi) is 5.02. The van der Waals surface area contributed by atoms with Gasteiger partial charge in [-0.05, 0) is 26.1 Å². The van der Waals surface area contributed by atoms with E-state index in [0.717, 1.165) is 23.2 Å².